The average Bonchev–Trinajstić information content (AvgIpc) is 2.91. The summed E-state index contributed by atoms with van der Waals surface area (Å²) in [4.78, 5) is 4.62. The maximum atomic E-state index is 4.62. The van der Waals surface area contributed by atoms with Crippen molar-refractivity contribution < 1.29 is 0 Å². The monoisotopic (exact) mass is 456 g/mol. The summed E-state index contributed by atoms with van der Waals surface area (Å²) in [6.07, 6.45) is 0. The van der Waals surface area contributed by atoms with Crippen LogP contribution in [-0.2, 0) is 0 Å². The van der Waals surface area contributed by atoms with Gasteiger partial charge >= 0.3 is 0 Å². The molecule has 3 rings (SSSR count). The summed E-state index contributed by atoms with van der Waals surface area (Å²) in [5.41, 5.74) is 3.19. The number of hydrogen-bond donors (Lipinski definition) is 1. The fourth-order valence-corrected chi connectivity index (χ4v) is 3.10. The largest absolute Gasteiger partial charge is 0.332 e. The molecule has 2 nitrogen and oxygen atoms in total. The van der Waals surface area contributed by atoms with Crippen LogP contribution in [0.1, 0.15) is 0 Å². The summed E-state index contributed by atoms with van der Waals surface area (Å²) in [5.74, 6) is 0. The average molecular weight is 457 g/mol. The van der Waals surface area contributed by atoms with E-state index in [2.05, 4.69) is 78.5 Å². The molecule has 100 valence electrons. The van der Waals surface area contributed by atoms with E-state index in [1.807, 2.05) is 24.3 Å². The van der Waals surface area contributed by atoms with Gasteiger partial charge in [0, 0.05) is 24.7 Å². The van der Waals surface area contributed by atoms with Crippen molar-refractivity contribution in [2.24, 2.45) is 0 Å². The third-order valence-corrected chi connectivity index (χ3v) is 4.75. The van der Waals surface area contributed by atoms with Crippen molar-refractivity contribution in [1.29, 1.82) is 0 Å². The molecule has 0 saturated heterocycles. The second kappa shape index (κ2) is 6.24. The molecule has 1 N–H and O–H groups in total. The van der Waals surface area contributed by atoms with Crippen LogP contribution in [0.2, 0.25) is 0 Å². The van der Waals surface area contributed by atoms with Crippen LogP contribution in [0.4, 0.5) is 10.8 Å². The Balaban J connectivity index is 1.80. The van der Waals surface area contributed by atoms with Crippen LogP contribution in [0.15, 0.2) is 58.4 Å². The number of rotatable bonds is 3. The Labute approximate surface area is 143 Å². The van der Waals surface area contributed by atoms with Crippen LogP contribution in [0.25, 0.3) is 11.3 Å². The van der Waals surface area contributed by atoms with Crippen molar-refractivity contribution in [3.63, 3.8) is 0 Å². The molecule has 1 heterocycles. The molecule has 0 spiro atoms. The summed E-state index contributed by atoms with van der Waals surface area (Å²) in [5, 5.41) is 6.29. The molecule has 0 unspecified atom stereocenters. The van der Waals surface area contributed by atoms with Gasteiger partial charge in [0.1, 0.15) is 0 Å². The van der Waals surface area contributed by atoms with Gasteiger partial charge in [0.25, 0.3) is 0 Å². The zero-order valence-corrected chi connectivity index (χ0v) is 14.9. The van der Waals surface area contributed by atoms with Gasteiger partial charge in [0.05, 0.1) is 5.69 Å². The van der Waals surface area contributed by atoms with E-state index in [0.29, 0.717) is 0 Å². The first-order chi connectivity index (χ1) is 9.70. The number of hydrogen-bond acceptors (Lipinski definition) is 3. The van der Waals surface area contributed by atoms with Crippen LogP contribution >= 0.6 is 49.9 Å². The van der Waals surface area contributed by atoms with Crippen LogP contribution in [-0.4, -0.2) is 4.98 Å². The summed E-state index contributed by atoms with van der Waals surface area (Å²) in [7, 11) is 0. The highest BCUT2D eigenvalue weighted by atomic mass is 127. The molecule has 0 aliphatic rings. The lowest BCUT2D eigenvalue weighted by atomic mass is 10.2. The number of nitrogens with zero attached hydrogens (tertiary/aromatic N) is 1. The van der Waals surface area contributed by atoms with Crippen molar-refractivity contribution in [2.45, 2.75) is 0 Å². The highest BCUT2D eigenvalue weighted by molar-refractivity contribution is 14.1. The molecule has 0 aliphatic heterocycles. The predicted octanol–water partition coefficient (Wildman–Crippen LogP) is 5.92. The predicted molar refractivity (Wildman–Crippen MR) is 97.7 cm³/mol. The lowest BCUT2D eigenvalue weighted by molar-refractivity contribution is 1.38. The van der Waals surface area contributed by atoms with Crippen LogP contribution in [0.3, 0.4) is 0 Å². The fourth-order valence-electron chi connectivity index (χ4n) is 1.74. The fraction of sp³-hybridized carbons (Fsp3) is 0. The second-order valence-electron chi connectivity index (χ2n) is 4.18. The van der Waals surface area contributed by atoms with Gasteiger partial charge < -0.3 is 5.32 Å². The number of halogens is 2. The maximum absolute atomic E-state index is 4.62. The molecule has 0 amide bonds. The Morgan fingerprint density at radius 3 is 2.40 bits per heavy atom. The molecule has 5 heteroatoms. The molecular formula is C15H10BrIN2S. The minimum Gasteiger partial charge on any atom is -0.332 e. The van der Waals surface area contributed by atoms with Gasteiger partial charge in [0.2, 0.25) is 0 Å². The van der Waals surface area contributed by atoms with Crippen molar-refractivity contribution >= 4 is 60.7 Å². The molecule has 0 radical (unpaired) electrons. The first-order valence-corrected chi connectivity index (χ1v) is 8.70. The molecule has 0 fully saturated rings. The van der Waals surface area contributed by atoms with E-state index in [-0.39, 0.29) is 0 Å². The molecule has 2 aromatic carbocycles. The quantitative estimate of drug-likeness (QED) is 0.494. The van der Waals surface area contributed by atoms with E-state index in [1.54, 1.807) is 11.3 Å². The number of aromatic nitrogens is 1. The first kappa shape index (κ1) is 14.0. The lowest BCUT2D eigenvalue weighted by Gasteiger charge is -2.02. The SMILES string of the molecule is Brc1ccc(Nc2nc(-c3ccc(I)cc3)cs2)cc1. The van der Waals surface area contributed by atoms with Crippen LogP contribution < -0.4 is 5.32 Å². The van der Waals surface area contributed by atoms with E-state index >= 15 is 0 Å². The summed E-state index contributed by atoms with van der Waals surface area (Å²) in [6.45, 7) is 0. The van der Waals surface area contributed by atoms with E-state index in [0.717, 1.165) is 26.5 Å². The van der Waals surface area contributed by atoms with Gasteiger partial charge in [0.15, 0.2) is 5.13 Å². The number of nitrogens with one attached hydrogen (secondary N) is 1. The maximum Gasteiger partial charge on any atom is 0.187 e. The van der Waals surface area contributed by atoms with Gasteiger partial charge in [-0.15, -0.1) is 11.3 Å². The molecule has 20 heavy (non-hydrogen) atoms. The topological polar surface area (TPSA) is 24.9 Å². The third-order valence-electron chi connectivity index (χ3n) is 2.74. The number of benzene rings is 2. The molecule has 0 aliphatic carbocycles. The summed E-state index contributed by atoms with van der Waals surface area (Å²) < 4.78 is 2.30. The van der Waals surface area contributed by atoms with Gasteiger partial charge in [-0.05, 0) is 59.0 Å². The van der Waals surface area contributed by atoms with E-state index in [4.69, 9.17) is 0 Å². The van der Waals surface area contributed by atoms with Gasteiger partial charge in [-0.25, -0.2) is 4.98 Å². The lowest BCUT2D eigenvalue weighted by Crippen LogP contribution is -1.89. The Morgan fingerprint density at radius 2 is 1.70 bits per heavy atom. The standard InChI is InChI=1S/C15H10BrIN2S/c16-11-3-7-13(8-4-11)18-15-19-14(9-20-15)10-1-5-12(17)6-2-10/h1-9H,(H,18,19). The molecular weight excluding hydrogens is 447 g/mol. The van der Waals surface area contributed by atoms with Crippen molar-refractivity contribution in [2.75, 3.05) is 5.32 Å². The highest BCUT2D eigenvalue weighted by Crippen LogP contribution is 2.27. The Kier molecular flexibility index (Phi) is 4.38. The second-order valence-corrected chi connectivity index (χ2v) is 7.20. The minimum atomic E-state index is 0.904. The molecule has 0 atom stereocenters. The highest BCUT2D eigenvalue weighted by Gasteiger charge is 2.04. The van der Waals surface area contributed by atoms with E-state index in [9.17, 15) is 0 Å². The van der Waals surface area contributed by atoms with Crippen molar-refractivity contribution in [3.05, 3.63) is 62.0 Å². The van der Waals surface area contributed by atoms with Crippen molar-refractivity contribution in [1.82, 2.24) is 4.98 Å². The van der Waals surface area contributed by atoms with Crippen LogP contribution in [0, 0.1) is 3.57 Å². The molecule has 1 aromatic heterocycles. The zero-order valence-electron chi connectivity index (χ0n) is 10.3. The zero-order chi connectivity index (χ0) is 13.9. The first-order valence-electron chi connectivity index (χ1n) is 5.95. The smallest absolute Gasteiger partial charge is 0.187 e. The molecule has 3 aromatic rings. The normalized spacial score (nSPS) is 10.5. The van der Waals surface area contributed by atoms with E-state index in [1.165, 1.54) is 3.57 Å². The molecule has 0 saturated carbocycles. The van der Waals surface area contributed by atoms with Gasteiger partial charge in [-0.1, -0.05) is 28.1 Å². The summed E-state index contributed by atoms with van der Waals surface area (Å²) >= 11 is 7.35. The third kappa shape index (κ3) is 3.39. The summed E-state index contributed by atoms with van der Waals surface area (Å²) in [6, 6.07) is 16.5. The van der Waals surface area contributed by atoms with Gasteiger partial charge in [-0.2, -0.15) is 0 Å². The Bertz CT molecular complexity index is 707. The van der Waals surface area contributed by atoms with E-state index < -0.39 is 0 Å². The minimum absolute atomic E-state index is 0.904. The van der Waals surface area contributed by atoms with Crippen molar-refractivity contribution in [3.8, 4) is 11.3 Å². The molecule has 0 bridgehead atoms. The Hall–Kier alpha value is -0.920. The Morgan fingerprint density at radius 1 is 1.00 bits per heavy atom. The number of anilines is 2. The van der Waals surface area contributed by atoms with Gasteiger partial charge in [-0.3, -0.25) is 0 Å². The van der Waals surface area contributed by atoms with Crippen LogP contribution in [0.5, 0.6) is 0 Å². The number of thiazole rings is 1.